The fraction of sp³-hybridized carbons (Fsp3) is 0.261. The number of carbonyl (C=O) groups excluding carboxylic acids is 2. The Balaban J connectivity index is 1.87. The zero-order chi connectivity index (χ0) is 25.7. The van der Waals surface area contributed by atoms with Crippen molar-refractivity contribution in [3.63, 3.8) is 0 Å². The van der Waals surface area contributed by atoms with E-state index < -0.39 is 17.9 Å². The number of hydrogen-bond acceptors (Lipinski definition) is 7. The maximum atomic E-state index is 13.1. The Kier molecular flexibility index (Phi) is 9.34. The van der Waals surface area contributed by atoms with Crippen molar-refractivity contribution in [3.8, 4) is 5.75 Å². The highest BCUT2D eigenvalue weighted by molar-refractivity contribution is 7.13. The van der Waals surface area contributed by atoms with Crippen LogP contribution in [0.5, 0.6) is 5.75 Å². The quantitative estimate of drug-likeness (QED) is 0.324. The number of halogens is 3. The van der Waals surface area contributed by atoms with Gasteiger partial charge in [-0.3, -0.25) is 14.5 Å². The smallest absolute Gasteiger partial charge is 0.267 e. The molecule has 0 aliphatic rings. The van der Waals surface area contributed by atoms with Crippen molar-refractivity contribution >= 4 is 69.5 Å². The third kappa shape index (κ3) is 7.07. The second-order valence-corrected chi connectivity index (χ2v) is 9.88. The van der Waals surface area contributed by atoms with Crippen LogP contribution in [-0.2, 0) is 6.54 Å². The first kappa shape index (κ1) is 27.2. The molecule has 2 heterocycles. The molecule has 0 spiro atoms. The van der Waals surface area contributed by atoms with Gasteiger partial charge in [-0.15, -0.1) is 11.3 Å². The van der Waals surface area contributed by atoms with Gasteiger partial charge in [0.25, 0.3) is 11.8 Å². The summed E-state index contributed by atoms with van der Waals surface area (Å²) in [6.07, 6.45) is 0.901. The van der Waals surface area contributed by atoms with Crippen molar-refractivity contribution < 1.29 is 19.4 Å². The number of aliphatic hydroxyl groups excluding tert-OH is 1. The molecule has 35 heavy (non-hydrogen) atoms. The molecule has 8 nitrogen and oxygen atoms in total. The lowest BCUT2D eigenvalue weighted by Gasteiger charge is -2.18. The third-order valence-electron chi connectivity index (χ3n) is 4.76. The average Bonchev–Trinajstić information content (AvgIpc) is 3.15. The van der Waals surface area contributed by atoms with Gasteiger partial charge in [0.2, 0.25) is 0 Å². The first-order chi connectivity index (χ1) is 16.6. The number of aliphatic hydroxyl groups is 1. The molecule has 2 amide bonds. The zero-order valence-corrected chi connectivity index (χ0v) is 22.1. The molecule has 186 valence electrons. The monoisotopic (exact) mass is 556 g/mol. The average molecular weight is 558 g/mol. The fourth-order valence-corrected chi connectivity index (χ4v) is 4.86. The lowest BCUT2D eigenvalue weighted by Crippen LogP contribution is -2.26. The molecule has 0 aliphatic carbocycles. The van der Waals surface area contributed by atoms with Crippen molar-refractivity contribution in [2.24, 2.45) is 0 Å². The highest BCUT2D eigenvalue weighted by Crippen LogP contribution is 2.35. The van der Waals surface area contributed by atoms with E-state index >= 15 is 0 Å². The Hall–Kier alpha value is -2.40. The summed E-state index contributed by atoms with van der Waals surface area (Å²) in [5.41, 5.74) is 0.953. The van der Waals surface area contributed by atoms with Gasteiger partial charge in [-0.25, -0.2) is 4.98 Å². The van der Waals surface area contributed by atoms with Gasteiger partial charge in [0.15, 0.2) is 0 Å². The first-order valence-electron chi connectivity index (χ1n) is 10.3. The fourth-order valence-electron chi connectivity index (χ4n) is 3.30. The second-order valence-electron chi connectivity index (χ2n) is 7.75. The van der Waals surface area contributed by atoms with Gasteiger partial charge in [-0.2, -0.15) is 0 Å². The van der Waals surface area contributed by atoms with E-state index in [1.807, 2.05) is 11.9 Å². The summed E-state index contributed by atoms with van der Waals surface area (Å²) in [5.74, 6) is -0.607. The number of likely N-dealkylation sites (N-methyl/N-ethyl adjacent to an activating group) is 1. The van der Waals surface area contributed by atoms with Crippen LogP contribution in [0.15, 0.2) is 35.8 Å². The van der Waals surface area contributed by atoms with Gasteiger partial charge in [0.05, 0.1) is 34.5 Å². The summed E-state index contributed by atoms with van der Waals surface area (Å²) in [6.45, 7) is 2.61. The molecular weight excluding hydrogens is 535 g/mol. The Labute approximate surface area is 221 Å². The van der Waals surface area contributed by atoms with E-state index in [1.54, 1.807) is 24.4 Å². The molecule has 1 aromatic carbocycles. The number of thiophene rings is 1. The minimum absolute atomic E-state index is 0.0732. The molecule has 1 unspecified atom stereocenters. The highest BCUT2D eigenvalue weighted by atomic mass is 35.5. The van der Waals surface area contributed by atoms with E-state index in [0.717, 1.165) is 5.56 Å². The summed E-state index contributed by atoms with van der Waals surface area (Å²) in [5, 5.41) is 17.7. The molecule has 3 rings (SSSR count). The number of aromatic nitrogens is 1. The summed E-state index contributed by atoms with van der Waals surface area (Å²) in [7, 11) is 3.25. The Bertz CT molecular complexity index is 1220. The molecule has 0 saturated heterocycles. The van der Waals surface area contributed by atoms with Crippen LogP contribution in [0.2, 0.25) is 15.1 Å². The molecule has 0 aliphatic heterocycles. The van der Waals surface area contributed by atoms with E-state index in [4.69, 9.17) is 39.5 Å². The molecule has 0 fully saturated rings. The predicted octanol–water partition coefficient (Wildman–Crippen LogP) is 5.43. The topological polar surface area (TPSA) is 104 Å². The number of benzene rings is 1. The van der Waals surface area contributed by atoms with Crippen LogP contribution >= 0.6 is 46.1 Å². The van der Waals surface area contributed by atoms with E-state index in [2.05, 4.69) is 15.6 Å². The number of nitrogens with zero attached hydrogens (tertiary/aromatic N) is 2. The molecule has 12 heteroatoms. The van der Waals surface area contributed by atoms with E-state index in [9.17, 15) is 14.7 Å². The predicted molar refractivity (Wildman–Crippen MR) is 141 cm³/mol. The summed E-state index contributed by atoms with van der Waals surface area (Å²) >= 11 is 19.7. The number of amides is 2. The third-order valence-corrected chi connectivity index (χ3v) is 6.77. The zero-order valence-electron chi connectivity index (χ0n) is 19.1. The number of pyridine rings is 1. The van der Waals surface area contributed by atoms with Gasteiger partial charge in [0, 0.05) is 30.4 Å². The number of rotatable bonds is 9. The lowest BCUT2D eigenvalue weighted by molar-refractivity contribution is 0.102. The molecule has 3 aromatic rings. The second kappa shape index (κ2) is 12.0. The van der Waals surface area contributed by atoms with E-state index in [0.29, 0.717) is 23.1 Å². The summed E-state index contributed by atoms with van der Waals surface area (Å²) in [4.78, 5) is 32.4. The SMILES string of the molecule is COc1cc(Cl)cc(C(=O)Nc2ccc(Cl)cn2)c1NC(=O)c1scc(CN(C)CC(C)O)c1Cl. The van der Waals surface area contributed by atoms with Crippen LogP contribution in [0.3, 0.4) is 0 Å². The minimum atomic E-state index is -0.561. The van der Waals surface area contributed by atoms with Gasteiger partial charge in [-0.1, -0.05) is 34.8 Å². The highest BCUT2D eigenvalue weighted by Gasteiger charge is 2.23. The van der Waals surface area contributed by atoms with Gasteiger partial charge < -0.3 is 20.5 Å². The normalized spacial score (nSPS) is 11.9. The largest absolute Gasteiger partial charge is 0.494 e. The number of ether oxygens (including phenoxy) is 1. The van der Waals surface area contributed by atoms with Crippen molar-refractivity contribution in [2.75, 3.05) is 31.3 Å². The molecule has 0 bridgehead atoms. The maximum Gasteiger partial charge on any atom is 0.267 e. The number of nitrogens with one attached hydrogen (secondary N) is 2. The van der Waals surface area contributed by atoms with Gasteiger partial charge in [0.1, 0.15) is 16.4 Å². The van der Waals surface area contributed by atoms with Crippen LogP contribution < -0.4 is 15.4 Å². The van der Waals surface area contributed by atoms with Gasteiger partial charge in [-0.05, 0) is 43.1 Å². The lowest BCUT2D eigenvalue weighted by atomic mass is 10.1. The first-order valence-corrected chi connectivity index (χ1v) is 12.3. The Morgan fingerprint density at radius 1 is 1.17 bits per heavy atom. The molecule has 1 atom stereocenters. The Morgan fingerprint density at radius 2 is 1.91 bits per heavy atom. The standard InChI is InChI=1S/C23H23Cl3N4O4S/c1-12(31)9-30(2)10-13-11-35-21(19(13)26)23(33)29-20-16(6-15(25)7-17(20)34-3)22(32)28-18-5-4-14(24)8-27-18/h4-8,11-12,31H,9-10H2,1-3H3,(H,29,33)(H,27,28,32). The maximum absolute atomic E-state index is 13.1. The summed E-state index contributed by atoms with van der Waals surface area (Å²) in [6, 6.07) is 6.03. The Morgan fingerprint density at radius 3 is 2.54 bits per heavy atom. The van der Waals surface area contributed by atoms with E-state index in [1.165, 1.54) is 36.8 Å². The van der Waals surface area contributed by atoms with Crippen LogP contribution in [-0.4, -0.2) is 53.6 Å². The van der Waals surface area contributed by atoms with Crippen molar-refractivity contribution in [2.45, 2.75) is 19.6 Å². The van der Waals surface area contributed by atoms with Crippen LogP contribution in [0, 0.1) is 0 Å². The molecule has 0 saturated carbocycles. The summed E-state index contributed by atoms with van der Waals surface area (Å²) < 4.78 is 5.37. The van der Waals surface area contributed by atoms with Crippen LogP contribution in [0.4, 0.5) is 11.5 Å². The van der Waals surface area contributed by atoms with Crippen molar-refractivity contribution in [3.05, 3.63) is 66.9 Å². The molecule has 2 aromatic heterocycles. The van der Waals surface area contributed by atoms with E-state index in [-0.39, 0.29) is 32.7 Å². The van der Waals surface area contributed by atoms with Crippen LogP contribution in [0.25, 0.3) is 0 Å². The molecule has 3 N–H and O–H groups in total. The number of anilines is 2. The number of hydrogen-bond donors (Lipinski definition) is 3. The van der Waals surface area contributed by atoms with Crippen molar-refractivity contribution in [1.82, 2.24) is 9.88 Å². The minimum Gasteiger partial charge on any atom is -0.494 e. The molecular formula is C23H23Cl3N4O4S. The number of carbonyl (C=O) groups is 2. The number of methoxy groups -OCH3 is 1. The van der Waals surface area contributed by atoms with Crippen molar-refractivity contribution in [1.29, 1.82) is 0 Å². The van der Waals surface area contributed by atoms with Crippen LogP contribution in [0.1, 0.15) is 32.5 Å². The van der Waals surface area contributed by atoms with Gasteiger partial charge >= 0.3 is 0 Å². The molecule has 0 radical (unpaired) electrons.